The van der Waals surface area contributed by atoms with Crippen molar-refractivity contribution in [3.05, 3.63) is 29.3 Å². The molecule has 1 aliphatic heterocycles. The topological polar surface area (TPSA) is 66.6 Å². The van der Waals surface area contributed by atoms with Crippen LogP contribution < -0.4 is 10.6 Å². The van der Waals surface area contributed by atoms with E-state index in [1.54, 1.807) is 13.8 Å². The Labute approximate surface area is 138 Å². The number of hydrogen-bond acceptors (Lipinski definition) is 3. The van der Waals surface area contributed by atoms with Crippen LogP contribution in [-0.2, 0) is 9.59 Å². The zero-order valence-electron chi connectivity index (χ0n) is 14.6. The van der Waals surface area contributed by atoms with E-state index in [4.69, 9.17) is 5.73 Å². The largest absolute Gasteiger partial charge is 0.369 e. The summed E-state index contributed by atoms with van der Waals surface area (Å²) in [6.07, 6.45) is 0.172. The van der Waals surface area contributed by atoms with E-state index in [0.29, 0.717) is 13.1 Å². The highest BCUT2D eigenvalue weighted by molar-refractivity contribution is 5.87. The molecule has 0 atom stereocenters. The smallest absolute Gasteiger partial charge is 0.223 e. The van der Waals surface area contributed by atoms with Crippen molar-refractivity contribution >= 4 is 17.5 Å². The van der Waals surface area contributed by atoms with Crippen LogP contribution in [0.15, 0.2) is 18.2 Å². The maximum absolute atomic E-state index is 12.4. The summed E-state index contributed by atoms with van der Waals surface area (Å²) < 4.78 is 0. The summed E-state index contributed by atoms with van der Waals surface area (Å²) in [5, 5.41) is 0. The van der Waals surface area contributed by atoms with Gasteiger partial charge in [-0.25, -0.2) is 0 Å². The standard InChI is InChI=1S/C18H27N3O2/c1-13-5-6-14(2)15(11-13)20-7-9-21(10-8-20)16(22)12-18(3,4)17(19)23/h5-6,11H,7-10,12H2,1-4H3,(H2,19,23). The van der Waals surface area contributed by atoms with E-state index in [0.717, 1.165) is 13.1 Å². The molecule has 1 aromatic carbocycles. The minimum Gasteiger partial charge on any atom is -0.369 e. The Bertz CT molecular complexity index is 602. The van der Waals surface area contributed by atoms with Gasteiger partial charge in [0.15, 0.2) is 0 Å². The van der Waals surface area contributed by atoms with E-state index in [1.165, 1.54) is 16.8 Å². The van der Waals surface area contributed by atoms with Gasteiger partial charge in [-0.2, -0.15) is 0 Å². The molecule has 0 aliphatic carbocycles. The summed E-state index contributed by atoms with van der Waals surface area (Å²) in [4.78, 5) is 27.9. The van der Waals surface area contributed by atoms with Crippen LogP contribution in [0.5, 0.6) is 0 Å². The molecule has 2 amide bonds. The average Bonchev–Trinajstić information content (AvgIpc) is 2.49. The van der Waals surface area contributed by atoms with Crippen molar-refractivity contribution < 1.29 is 9.59 Å². The van der Waals surface area contributed by atoms with Crippen molar-refractivity contribution in [3.63, 3.8) is 0 Å². The Morgan fingerprint density at radius 1 is 1.13 bits per heavy atom. The van der Waals surface area contributed by atoms with Crippen molar-refractivity contribution in [2.45, 2.75) is 34.1 Å². The lowest BCUT2D eigenvalue weighted by Crippen LogP contribution is -2.50. The maximum Gasteiger partial charge on any atom is 0.223 e. The summed E-state index contributed by atoms with van der Waals surface area (Å²) >= 11 is 0. The van der Waals surface area contributed by atoms with Gasteiger partial charge in [0.1, 0.15) is 0 Å². The molecule has 1 heterocycles. The van der Waals surface area contributed by atoms with Gasteiger partial charge in [-0.05, 0) is 31.0 Å². The van der Waals surface area contributed by atoms with E-state index in [1.807, 2.05) is 4.90 Å². The third-order valence-corrected chi connectivity index (χ3v) is 4.60. The normalized spacial score (nSPS) is 15.7. The van der Waals surface area contributed by atoms with Gasteiger partial charge in [0.25, 0.3) is 0 Å². The molecule has 23 heavy (non-hydrogen) atoms. The van der Waals surface area contributed by atoms with Crippen LogP contribution in [-0.4, -0.2) is 42.9 Å². The summed E-state index contributed by atoms with van der Waals surface area (Å²) in [5.41, 5.74) is 8.31. The Kier molecular flexibility index (Phi) is 4.97. The Morgan fingerprint density at radius 3 is 2.30 bits per heavy atom. The first kappa shape index (κ1) is 17.3. The highest BCUT2D eigenvalue weighted by Crippen LogP contribution is 2.24. The van der Waals surface area contributed by atoms with Crippen LogP contribution in [0.2, 0.25) is 0 Å². The maximum atomic E-state index is 12.4. The molecular weight excluding hydrogens is 290 g/mol. The molecule has 0 unspecified atom stereocenters. The average molecular weight is 317 g/mol. The second-order valence-electron chi connectivity index (χ2n) is 7.08. The van der Waals surface area contributed by atoms with E-state index >= 15 is 0 Å². The zero-order chi connectivity index (χ0) is 17.2. The lowest BCUT2D eigenvalue weighted by atomic mass is 9.88. The van der Waals surface area contributed by atoms with E-state index < -0.39 is 11.3 Å². The number of hydrogen-bond donors (Lipinski definition) is 1. The first-order valence-corrected chi connectivity index (χ1v) is 8.10. The molecule has 5 heteroatoms. The fraction of sp³-hybridized carbons (Fsp3) is 0.556. The number of anilines is 1. The van der Waals surface area contributed by atoms with Crippen LogP contribution in [0, 0.1) is 19.3 Å². The number of aryl methyl sites for hydroxylation is 2. The molecule has 1 fully saturated rings. The molecule has 0 radical (unpaired) electrons. The number of piperazine rings is 1. The van der Waals surface area contributed by atoms with Gasteiger partial charge in [0.05, 0.1) is 5.41 Å². The number of nitrogens with zero attached hydrogens (tertiary/aromatic N) is 2. The minimum absolute atomic E-state index is 0.00872. The quantitative estimate of drug-likeness (QED) is 0.921. The fourth-order valence-corrected chi connectivity index (χ4v) is 2.83. The minimum atomic E-state index is -0.790. The van der Waals surface area contributed by atoms with E-state index in [-0.39, 0.29) is 12.3 Å². The summed E-state index contributed by atoms with van der Waals surface area (Å²) in [7, 11) is 0. The van der Waals surface area contributed by atoms with Crippen LogP contribution in [0.25, 0.3) is 0 Å². The van der Waals surface area contributed by atoms with Gasteiger partial charge in [-0.1, -0.05) is 26.0 Å². The van der Waals surface area contributed by atoms with E-state index in [2.05, 4.69) is 36.9 Å². The summed E-state index contributed by atoms with van der Waals surface area (Å²) in [6, 6.07) is 6.45. The van der Waals surface area contributed by atoms with Crippen molar-refractivity contribution in [1.29, 1.82) is 0 Å². The SMILES string of the molecule is Cc1ccc(C)c(N2CCN(C(=O)CC(C)(C)C(N)=O)CC2)c1. The monoisotopic (exact) mass is 317 g/mol. The molecule has 5 nitrogen and oxygen atoms in total. The second kappa shape index (κ2) is 6.60. The van der Waals surface area contributed by atoms with E-state index in [9.17, 15) is 9.59 Å². The Hall–Kier alpha value is -2.04. The lowest BCUT2D eigenvalue weighted by Gasteiger charge is -2.38. The van der Waals surface area contributed by atoms with Crippen LogP contribution in [0.4, 0.5) is 5.69 Å². The predicted octanol–water partition coefficient (Wildman–Crippen LogP) is 1.85. The molecule has 0 saturated carbocycles. The van der Waals surface area contributed by atoms with Crippen LogP contribution >= 0.6 is 0 Å². The molecule has 1 saturated heterocycles. The van der Waals surface area contributed by atoms with Gasteiger partial charge in [-0.15, -0.1) is 0 Å². The molecule has 0 spiro atoms. The second-order valence-corrected chi connectivity index (χ2v) is 7.08. The zero-order valence-corrected chi connectivity index (χ0v) is 14.6. The van der Waals surface area contributed by atoms with Gasteiger partial charge in [-0.3, -0.25) is 9.59 Å². The van der Waals surface area contributed by atoms with Gasteiger partial charge < -0.3 is 15.5 Å². The highest BCUT2D eigenvalue weighted by Gasteiger charge is 2.31. The van der Waals surface area contributed by atoms with Crippen molar-refractivity contribution in [2.24, 2.45) is 11.1 Å². The van der Waals surface area contributed by atoms with Crippen molar-refractivity contribution in [2.75, 3.05) is 31.1 Å². The Morgan fingerprint density at radius 2 is 1.74 bits per heavy atom. The number of carbonyl (C=O) groups is 2. The molecule has 1 aliphatic rings. The highest BCUT2D eigenvalue weighted by atomic mass is 16.2. The molecule has 2 N–H and O–H groups in total. The molecule has 0 bridgehead atoms. The van der Waals surface area contributed by atoms with Crippen LogP contribution in [0.1, 0.15) is 31.4 Å². The fourth-order valence-electron chi connectivity index (χ4n) is 2.83. The first-order valence-electron chi connectivity index (χ1n) is 8.10. The number of nitrogens with two attached hydrogens (primary N) is 1. The third kappa shape index (κ3) is 4.03. The number of amides is 2. The van der Waals surface area contributed by atoms with Gasteiger partial charge in [0.2, 0.25) is 11.8 Å². The molecule has 1 aromatic rings. The number of rotatable bonds is 4. The summed E-state index contributed by atoms with van der Waals surface area (Å²) in [5.74, 6) is -0.422. The number of carbonyl (C=O) groups excluding carboxylic acids is 2. The Balaban J connectivity index is 1.97. The van der Waals surface area contributed by atoms with Crippen molar-refractivity contribution in [1.82, 2.24) is 4.90 Å². The molecule has 2 rings (SSSR count). The first-order chi connectivity index (χ1) is 10.7. The number of benzene rings is 1. The predicted molar refractivity (Wildman–Crippen MR) is 92.3 cm³/mol. The van der Waals surface area contributed by atoms with Gasteiger partial charge in [0, 0.05) is 38.3 Å². The van der Waals surface area contributed by atoms with Crippen LogP contribution in [0.3, 0.4) is 0 Å². The molecule has 0 aromatic heterocycles. The van der Waals surface area contributed by atoms with Crippen molar-refractivity contribution in [3.8, 4) is 0 Å². The summed E-state index contributed by atoms with van der Waals surface area (Å²) in [6.45, 7) is 10.6. The third-order valence-electron chi connectivity index (χ3n) is 4.60. The molecular formula is C18H27N3O2. The van der Waals surface area contributed by atoms with Gasteiger partial charge >= 0.3 is 0 Å². The number of primary amides is 1. The molecule has 126 valence electrons. The lowest BCUT2D eigenvalue weighted by molar-refractivity contribution is -0.138.